The summed E-state index contributed by atoms with van der Waals surface area (Å²) in [5.74, 6) is 9.01. The Kier molecular flexibility index (Phi) is 3.52. The predicted molar refractivity (Wildman–Crippen MR) is 73.8 cm³/mol. The van der Waals surface area contributed by atoms with Gasteiger partial charge in [0, 0.05) is 31.7 Å². The van der Waals surface area contributed by atoms with Crippen molar-refractivity contribution in [2.24, 2.45) is 11.8 Å². The molecule has 2 fully saturated rings. The minimum Gasteiger partial charge on any atom is -0.396 e. The van der Waals surface area contributed by atoms with E-state index in [1.807, 2.05) is 6.07 Å². The molecule has 1 saturated heterocycles. The maximum Gasteiger partial charge on any atom is 0.145 e. The van der Waals surface area contributed by atoms with Crippen LogP contribution >= 0.6 is 0 Å². The van der Waals surface area contributed by atoms with Gasteiger partial charge in [0.15, 0.2) is 0 Å². The highest BCUT2D eigenvalue weighted by atomic mass is 16.3. The van der Waals surface area contributed by atoms with Crippen LogP contribution in [0.2, 0.25) is 0 Å². The van der Waals surface area contributed by atoms with Crippen molar-refractivity contribution in [2.45, 2.75) is 31.6 Å². The summed E-state index contributed by atoms with van der Waals surface area (Å²) in [6, 6.07) is 1.91. The summed E-state index contributed by atoms with van der Waals surface area (Å²) >= 11 is 0. The molecule has 2 heterocycles. The van der Waals surface area contributed by atoms with E-state index in [0.29, 0.717) is 24.3 Å². The van der Waals surface area contributed by atoms with Crippen LogP contribution in [-0.4, -0.2) is 34.8 Å². The second kappa shape index (κ2) is 5.30. The van der Waals surface area contributed by atoms with Crippen molar-refractivity contribution in [2.75, 3.05) is 30.0 Å². The molecule has 0 unspecified atom stereocenters. The Labute approximate surface area is 113 Å². The summed E-state index contributed by atoms with van der Waals surface area (Å²) in [5, 5.41) is 9.18. The molecule has 1 aromatic heterocycles. The van der Waals surface area contributed by atoms with Gasteiger partial charge in [-0.1, -0.05) is 0 Å². The summed E-state index contributed by atoms with van der Waals surface area (Å²) in [7, 11) is 0. The van der Waals surface area contributed by atoms with Crippen LogP contribution in [0.3, 0.4) is 0 Å². The molecule has 0 aromatic carbocycles. The van der Waals surface area contributed by atoms with Crippen molar-refractivity contribution < 1.29 is 5.11 Å². The number of rotatable bonds is 4. The normalized spacial score (nSPS) is 20.6. The van der Waals surface area contributed by atoms with Crippen LogP contribution in [0.4, 0.5) is 11.6 Å². The molecule has 0 atom stereocenters. The zero-order valence-corrected chi connectivity index (χ0v) is 11.0. The summed E-state index contributed by atoms with van der Waals surface area (Å²) < 4.78 is 0. The van der Waals surface area contributed by atoms with Crippen molar-refractivity contribution in [1.82, 2.24) is 9.97 Å². The Balaban J connectivity index is 1.77. The number of anilines is 2. The molecule has 1 aromatic rings. The Morgan fingerprint density at radius 2 is 2.00 bits per heavy atom. The first-order chi connectivity index (χ1) is 9.30. The maximum atomic E-state index is 9.18. The standard InChI is InChI=1S/C13H21N5O/c14-17-11-7-12(16-13(15-11)10-1-2-10)18-5-3-9(8-19)4-6-18/h7,9-10,19H,1-6,8,14H2,(H,15,16,17). The smallest absolute Gasteiger partial charge is 0.145 e. The number of aliphatic hydroxyl groups is 1. The molecule has 6 nitrogen and oxygen atoms in total. The van der Waals surface area contributed by atoms with Crippen molar-refractivity contribution >= 4 is 11.6 Å². The van der Waals surface area contributed by atoms with Gasteiger partial charge in [-0.3, -0.25) is 0 Å². The lowest BCUT2D eigenvalue weighted by Gasteiger charge is -2.32. The highest BCUT2D eigenvalue weighted by Crippen LogP contribution is 2.39. The van der Waals surface area contributed by atoms with Gasteiger partial charge in [0.05, 0.1) is 0 Å². The number of nitrogens with zero attached hydrogens (tertiary/aromatic N) is 3. The van der Waals surface area contributed by atoms with Gasteiger partial charge < -0.3 is 15.4 Å². The van der Waals surface area contributed by atoms with E-state index in [9.17, 15) is 5.11 Å². The quantitative estimate of drug-likeness (QED) is 0.551. The number of aliphatic hydroxyl groups excluding tert-OH is 1. The minimum absolute atomic E-state index is 0.292. The van der Waals surface area contributed by atoms with E-state index < -0.39 is 0 Å². The zero-order chi connectivity index (χ0) is 13.2. The largest absolute Gasteiger partial charge is 0.396 e. The molecule has 1 saturated carbocycles. The first-order valence-corrected chi connectivity index (χ1v) is 7.01. The van der Waals surface area contributed by atoms with Gasteiger partial charge in [0.25, 0.3) is 0 Å². The number of aromatic nitrogens is 2. The number of piperidine rings is 1. The fourth-order valence-corrected chi connectivity index (χ4v) is 2.56. The van der Waals surface area contributed by atoms with Gasteiger partial charge in [0.1, 0.15) is 17.5 Å². The molecule has 0 spiro atoms. The van der Waals surface area contributed by atoms with Crippen LogP contribution in [0.25, 0.3) is 0 Å². The molecule has 4 N–H and O–H groups in total. The van der Waals surface area contributed by atoms with E-state index in [1.54, 1.807) is 0 Å². The number of hydrogen-bond donors (Lipinski definition) is 3. The van der Waals surface area contributed by atoms with E-state index in [-0.39, 0.29) is 0 Å². The van der Waals surface area contributed by atoms with Gasteiger partial charge in [0.2, 0.25) is 0 Å². The number of hydrogen-bond acceptors (Lipinski definition) is 6. The number of nitrogens with two attached hydrogens (primary N) is 1. The van der Waals surface area contributed by atoms with Crippen LogP contribution in [-0.2, 0) is 0 Å². The third-order valence-electron chi connectivity index (χ3n) is 4.02. The Hall–Kier alpha value is -1.40. The fraction of sp³-hybridized carbons (Fsp3) is 0.692. The zero-order valence-electron chi connectivity index (χ0n) is 11.0. The Bertz CT molecular complexity index is 441. The van der Waals surface area contributed by atoms with Crippen molar-refractivity contribution in [3.05, 3.63) is 11.9 Å². The summed E-state index contributed by atoms with van der Waals surface area (Å²) in [4.78, 5) is 11.4. The number of nitrogen functional groups attached to an aromatic ring is 1. The second-order valence-electron chi connectivity index (χ2n) is 5.50. The Morgan fingerprint density at radius 3 is 2.58 bits per heavy atom. The van der Waals surface area contributed by atoms with Crippen LogP contribution in [0.15, 0.2) is 6.07 Å². The third-order valence-corrected chi connectivity index (χ3v) is 4.02. The molecule has 0 amide bonds. The minimum atomic E-state index is 0.292. The SMILES string of the molecule is NNc1cc(N2CCC(CO)CC2)nc(C2CC2)n1. The first kappa shape index (κ1) is 12.6. The lowest BCUT2D eigenvalue weighted by molar-refractivity contribution is 0.203. The van der Waals surface area contributed by atoms with Crippen LogP contribution in [0.1, 0.15) is 37.4 Å². The van der Waals surface area contributed by atoms with Crippen LogP contribution in [0.5, 0.6) is 0 Å². The van der Waals surface area contributed by atoms with E-state index in [2.05, 4.69) is 20.3 Å². The average molecular weight is 263 g/mol. The van der Waals surface area contributed by atoms with Crippen LogP contribution < -0.4 is 16.2 Å². The van der Waals surface area contributed by atoms with Crippen LogP contribution in [0, 0.1) is 5.92 Å². The van der Waals surface area contributed by atoms with E-state index in [0.717, 1.165) is 37.6 Å². The highest BCUT2D eigenvalue weighted by Gasteiger charge is 2.28. The van der Waals surface area contributed by atoms with Gasteiger partial charge >= 0.3 is 0 Å². The molecular formula is C13H21N5O. The predicted octanol–water partition coefficient (Wildman–Crippen LogP) is 0.848. The molecule has 19 heavy (non-hydrogen) atoms. The summed E-state index contributed by atoms with van der Waals surface area (Å²) in [6.07, 6.45) is 4.40. The molecule has 0 radical (unpaired) electrons. The molecule has 6 heteroatoms. The molecular weight excluding hydrogens is 242 g/mol. The highest BCUT2D eigenvalue weighted by molar-refractivity contribution is 5.49. The first-order valence-electron chi connectivity index (χ1n) is 7.01. The topological polar surface area (TPSA) is 87.3 Å². The fourth-order valence-electron chi connectivity index (χ4n) is 2.56. The Morgan fingerprint density at radius 1 is 1.26 bits per heavy atom. The van der Waals surface area contributed by atoms with Crippen molar-refractivity contribution in [3.8, 4) is 0 Å². The van der Waals surface area contributed by atoms with Gasteiger partial charge in [-0.15, -0.1) is 0 Å². The van der Waals surface area contributed by atoms with Gasteiger partial charge in [-0.05, 0) is 31.6 Å². The van der Waals surface area contributed by atoms with E-state index in [1.165, 1.54) is 12.8 Å². The van der Waals surface area contributed by atoms with Gasteiger partial charge in [-0.2, -0.15) is 0 Å². The molecule has 0 bridgehead atoms. The van der Waals surface area contributed by atoms with E-state index in [4.69, 9.17) is 5.84 Å². The second-order valence-corrected chi connectivity index (χ2v) is 5.50. The molecule has 104 valence electrons. The third kappa shape index (κ3) is 2.79. The molecule has 2 aliphatic rings. The molecule has 1 aliphatic heterocycles. The monoisotopic (exact) mass is 263 g/mol. The van der Waals surface area contributed by atoms with Gasteiger partial charge in [-0.25, -0.2) is 15.8 Å². The average Bonchev–Trinajstić information content (AvgIpc) is 3.31. The number of nitrogens with one attached hydrogen (secondary N) is 1. The summed E-state index contributed by atoms with van der Waals surface area (Å²) in [5.41, 5.74) is 2.63. The van der Waals surface area contributed by atoms with E-state index >= 15 is 0 Å². The molecule has 3 rings (SSSR count). The van der Waals surface area contributed by atoms with Crippen molar-refractivity contribution in [3.63, 3.8) is 0 Å². The number of hydrazine groups is 1. The maximum absolute atomic E-state index is 9.18. The van der Waals surface area contributed by atoms with Crippen molar-refractivity contribution in [1.29, 1.82) is 0 Å². The lowest BCUT2D eigenvalue weighted by atomic mass is 9.98. The lowest BCUT2D eigenvalue weighted by Crippen LogP contribution is -2.35. The summed E-state index contributed by atoms with van der Waals surface area (Å²) in [6.45, 7) is 2.17. The molecule has 1 aliphatic carbocycles.